The van der Waals surface area contributed by atoms with Crippen LogP contribution in [0, 0.1) is 5.92 Å². The molecule has 2 aliphatic heterocycles. The quantitative estimate of drug-likeness (QED) is 0.241. The maximum atomic E-state index is 13.3. The van der Waals surface area contributed by atoms with Crippen LogP contribution in [0.5, 0.6) is 0 Å². The summed E-state index contributed by atoms with van der Waals surface area (Å²) in [5.74, 6) is -0.684. The molecule has 2 N–H and O–H groups in total. The van der Waals surface area contributed by atoms with Crippen molar-refractivity contribution in [3.05, 3.63) is 66.0 Å². The first-order valence-electron chi connectivity index (χ1n) is 16.8. The third-order valence-electron chi connectivity index (χ3n) is 9.58. The van der Waals surface area contributed by atoms with Gasteiger partial charge in [0.2, 0.25) is 0 Å². The summed E-state index contributed by atoms with van der Waals surface area (Å²) in [4.78, 5) is 34.8. The molecule has 1 aromatic heterocycles. The highest BCUT2D eigenvalue weighted by Gasteiger charge is 2.37. The van der Waals surface area contributed by atoms with E-state index in [1.165, 1.54) is 32.1 Å². The molecule has 0 spiro atoms. The molecule has 248 valence electrons. The Balaban J connectivity index is 1.46. The van der Waals surface area contributed by atoms with Gasteiger partial charge in [0.1, 0.15) is 11.7 Å². The van der Waals surface area contributed by atoms with Crippen molar-refractivity contribution in [1.29, 1.82) is 0 Å². The van der Waals surface area contributed by atoms with E-state index in [1.807, 2.05) is 56.4 Å². The smallest absolute Gasteiger partial charge is 0.410 e. The molecule has 45 heavy (non-hydrogen) atoms. The number of aliphatic hydroxyl groups excluding tert-OH is 1. The van der Waals surface area contributed by atoms with Crippen molar-refractivity contribution in [2.75, 3.05) is 26.2 Å². The number of cyclic esters (lactones) is 1. The fourth-order valence-corrected chi connectivity index (χ4v) is 6.56. The van der Waals surface area contributed by atoms with E-state index >= 15 is 0 Å². The fraction of sp³-hybridized carbons (Fsp3) is 0.639. The van der Waals surface area contributed by atoms with Crippen LogP contribution in [-0.2, 0) is 14.3 Å². The van der Waals surface area contributed by atoms with Crippen molar-refractivity contribution in [3.63, 3.8) is 0 Å². The lowest BCUT2D eigenvalue weighted by Crippen LogP contribution is -2.53. The third-order valence-corrected chi connectivity index (χ3v) is 9.58. The molecule has 1 aliphatic carbocycles. The third kappa shape index (κ3) is 10.2. The average molecular weight is 624 g/mol. The zero-order chi connectivity index (χ0) is 32.4. The van der Waals surface area contributed by atoms with Crippen LogP contribution in [0.15, 0.2) is 60.3 Å². The van der Waals surface area contributed by atoms with Gasteiger partial charge in [-0.05, 0) is 63.3 Å². The summed E-state index contributed by atoms with van der Waals surface area (Å²) in [7, 11) is 0. The first-order chi connectivity index (χ1) is 21.5. The number of hydrogen-bond donors (Lipinski definition) is 2. The van der Waals surface area contributed by atoms with Gasteiger partial charge in [-0.2, -0.15) is 0 Å². The van der Waals surface area contributed by atoms with Crippen LogP contribution in [0.2, 0.25) is 0 Å². The molecule has 1 saturated heterocycles. The second kappa shape index (κ2) is 16.5. The minimum Gasteiger partial charge on any atom is -0.457 e. The summed E-state index contributed by atoms with van der Waals surface area (Å²) in [6.45, 7) is 10.4. The Morgan fingerprint density at radius 2 is 1.87 bits per heavy atom. The van der Waals surface area contributed by atoms with Gasteiger partial charge < -0.3 is 24.6 Å². The average Bonchev–Trinajstić information content (AvgIpc) is 3.04. The monoisotopic (exact) mass is 623 g/mol. The molecule has 0 bridgehead atoms. The molecular formula is C36H53N3O6. The van der Waals surface area contributed by atoms with Gasteiger partial charge in [-0.3, -0.25) is 14.7 Å². The van der Waals surface area contributed by atoms with Crippen LogP contribution in [0.3, 0.4) is 0 Å². The molecule has 1 amide bonds. The van der Waals surface area contributed by atoms with Crippen molar-refractivity contribution in [1.82, 2.24) is 14.8 Å². The van der Waals surface area contributed by atoms with Crippen LogP contribution in [-0.4, -0.2) is 93.2 Å². The summed E-state index contributed by atoms with van der Waals surface area (Å²) in [5.41, 5.74) is 0.346. The zero-order valence-electron chi connectivity index (χ0n) is 27.5. The van der Waals surface area contributed by atoms with Crippen molar-refractivity contribution < 1.29 is 29.3 Å². The first-order valence-corrected chi connectivity index (χ1v) is 16.8. The Morgan fingerprint density at radius 1 is 1.13 bits per heavy atom. The molecule has 0 unspecified atom stereocenters. The van der Waals surface area contributed by atoms with Gasteiger partial charge in [-0.15, -0.1) is 0 Å². The van der Waals surface area contributed by atoms with E-state index in [1.54, 1.807) is 24.1 Å². The predicted octanol–water partition coefficient (Wildman–Crippen LogP) is 5.54. The SMILES string of the molecule is C/C(=C\C=C\[C@H](C)c1ccccn1)[C@H]1OC(=O)C[C@@H](O)CC[C@](C)(O)[C@@H](OC(=O)N2CCN(C3CCCCC3)CC2)/C=C/[C@@H]1C. The molecule has 2 fully saturated rings. The summed E-state index contributed by atoms with van der Waals surface area (Å²) in [6, 6.07) is 6.44. The van der Waals surface area contributed by atoms with Crippen LogP contribution >= 0.6 is 0 Å². The number of esters is 1. The number of ether oxygens (including phenoxy) is 2. The summed E-state index contributed by atoms with van der Waals surface area (Å²) >= 11 is 0. The van der Waals surface area contributed by atoms with Crippen molar-refractivity contribution in [3.8, 4) is 0 Å². The molecule has 3 aliphatic rings. The Morgan fingerprint density at radius 3 is 2.56 bits per heavy atom. The number of piperazine rings is 1. The lowest BCUT2D eigenvalue weighted by molar-refractivity contribution is -0.151. The molecule has 9 heteroatoms. The van der Waals surface area contributed by atoms with E-state index in [9.17, 15) is 19.8 Å². The topological polar surface area (TPSA) is 112 Å². The van der Waals surface area contributed by atoms with Gasteiger partial charge in [0.15, 0.2) is 6.10 Å². The van der Waals surface area contributed by atoms with E-state index in [2.05, 4.69) is 16.8 Å². The largest absolute Gasteiger partial charge is 0.457 e. The Bertz CT molecular complexity index is 1180. The van der Waals surface area contributed by atoms with Gasteiger partial charge in [-0.25, -0.2) is 4.79 Å². The second-order valence-electron chi connectivity index (χ2n) is 13.4. The van der Waals surface area contributed by atoms with E-state index in [0.29, 0.717) is 19.1 Å². The van der Waals surface area contributed by atoms with Crippen LogP contribution in [0.1, 0.15) is 90.7 Å². The number of carbonyl (C=O) groups excluding carboxylic acids is 2. The Labute approximate surface area is 269 Å². The van der Waals surface area contributed by atoms with Gasteiger partial charge in [0.25, 0.3) is 0 Å². The van der Waals surface area contributed by atoms with Crippen LogP contribution in [0.4, 0.5) is 4.79 Å². The number of aliphatic hydroxyl groups is 2. The number of allylic oxidation sites excluding steroid dienone is 3. The number of carbonyl (C=O) groups is 2. The van der Waals surface area contributed by atoms with E-state index in [4.69, 9.17) is 9.47 Å². The van der Waals surface area contributed by atoms with Crippen LogP contribution in [0.25, 0.3) is 0 Å². The summed E-state index contributed by atoms with van der Waals surface area (Å²) < 4.78 is 11.9. The maximum Gasteiger partial charge on any atom is 0.410 e. The van der Waals surface area contributed by atoms with E-state index in [0.717, 1.165) is 24.4 Å². The summed E-state index contributed by atoms with van der Waals surface area (Å²) in [5, 5.41) is 22.1. The molecule has 1 saturated carbocycles. The van der Waals surface area contributed by atoms with Crippen molar-refractivity contribution in [2.45, 2.75) is 115 Å². The maximum absolute atomic E-state index is 13.3. The minimum atomic E-state index is -1.44. The van der Waals surface area contributed by atoms with Crippen LogP contribution < -0.4 is 0 Å². The molecule has 6 atom stereocenters. The van der Waals surface area contributed by atoms with E-state index < -0.39 is 36.0 Å². The zero-order valence-corrected chi connectivity index (χ0v) is 27.5. The molecule has 0 radical (unpaired) electrons. The normalized spacial score (nSPS) is 31.5. The lowest BCUT2D eigenvalue weighted by Gasteiger charge is -2.41. The van der Waals surface area contributed by atoms with Gasteiger partial charge in [-0.1, -0.05) is 63.5 Å². The summed E-state index contributed by atoms with van der Waals surface area (Å²) in [6.07, 6.45) is 14.7. The first kappa shape index (κ1) is 34.9. The molecule has 0 aromatic carbocycles. The standard InChI is InChI=1S/C36H53N3O6/c1-26(31-15-8-9-20-37-31)11-10-12-27(2)34-28(3)16-17-32(36(4,43)19-18-30(40)25-33(41)45-34)44-35(42)39-23-21-38(22-24-39)29-13-6-5-7-14-29/h8-12,15-17,20,26,28-30,32,34,40,43H,5-7,13-14,18-19,21-25H2,1-4H3/b11-10+,17-16+,27-12+/t26-,28-,30-,32-,34+,36-/m0/s1. The molecular weight excluding hydrogens is 570 g/mol. The Kier molecular flexibility index (Phi) is 12.8. The second-order valence-corrected chi connectivity index (χ2v) is 13.4. The number of rotatable bonds is 6. The van der Waals surface area contributed by atoms with Crippen molar-refractivity contribution in [2.24, 2.45) is 5.92 Å². The number of pyridine rings is 1. The highest BCUT2D eigenvalue weighted by Crippen LogP contribution is 2.28. The Hall–Kier alpha value is -3.01. The highest BCUT2D eigenvalue weighted by atomic mass is 16.6. The highest BCUT2D eigenvalue weighted by molar-refractivity contribution is 5.70. The number of hydrogen-bond acceptors (Lipinski definition) is 8. The van der Waals surface area contributed by atoms with Crippen molar-refractivity contribution >= 4 is 12.1 Å². The lowest BCUT2D eigenvalue weighted by atomic mass is 9.88. The molecule has 4 rings (SSSR count). The van der Waals surface area contributed by atoms with Gasteiger partial charge in [0, 0.05) is 55.9 Å². The van der Waals surface area contributed by atoms with Gasteiger partial charge >= 0.3 is 12.1 Å². The molecule has 3 heterocycles. The number of nitrogens with zero attached hydrogens (tertiary/aromatic N) is 3. The number of amides is 1. The molecule has 1 aromatic rings. The predicted molar refractivity (Wildman–Crippen MR) is 175 cm³/mol. The minimum absolute atomic E-state index is 0.106. The van der Waals surface area contributed by atoms with Gasteiger partial charge in [0.05, 0.1) is 12.5 Å². The number of aromatic nitrogens is 1. The fourth-order valence-electron chi connectivity index (χ4n) is 6.56. The van der Waals surface area contributed by atoms with E-state index in [-0.39, 0.29) is 31.1 Å². The molecule has 9 nitrogen and oxygen atoms in total.